The van der Waals surface area contributed by atoms with Gasteiger partial charge in [-0.1, -0.05) is 0 Å². The van der Waals surface area contributed by atoms with E-state index in [-0.39, 0.29) is 13.2 Å². The normalized spacial score (nSPS) is 11.4. The van der Waals surface area contributed by atoms with Crippen molar-refractivity contribution in [2.24, 2.45) is 0 Å². The Balaban J connectivity index is 2.82. The minimum atomic E-state index is -4.79. The fourth-order valence-electron chi connectivity index (χ4n) is 1.51. The monoisotopic (exact) mass is 294 g/mol. The summed E-state index contributed by atoms with van der Waals surface area (Å²) in [5.74, 6) is -2.24. The number of hydrogen-bond acceptors (Lipinski definition) is 3. The molecule has 1 aromatic rings. The smallest absolute Gasteiger partial charge is 0.418 e. The molecule has 112 valence electrons. The first-order valence-corrected chi connectivity index (χ1v) is 5.51. The minimum absolute atomic E-state index is 0.217. The van der Waals surface area contributed by atoms with E-state index in [9.17, 15) is 22.8 Å². The number of nitrogens with one attached hydrogen (secondary N) is 1. The van der Waals surface area contributed by atoms with E-state index in [0.717, 1.165) is 10.8 Å². The number of carboxylic acid groups (broad SMARTS) is 1. The highest BCUT2D eigenvalue weighted by molar-refractivity contribution is 5.89. The molecule has 0 spiro atoms. The number of halogens is 3. The number of carboxylic acids is 1. The molecule has 1 amide bonds. The molecule has 0 aliphatic carbocycles. The molecule has 20 heavy (non-hydrogen) atoms. The standard InChI is InChI=1S/C11H13F3N2O4/c1-20-3-2-15-9(17)6-16-4-7(10(18)19)8(5-16)11(12,13)14/h4-5H,2-3,6H2,1H3,(H,15,17)(H,18,19). The number of rotatable bonds is 6. The number of amides is 1. The number of alkyl halides is 3. The van der Waals surface area contributed by atoms with Crippen molar-refractivity contribution in [3.8, 4) is 0 Å². The number of methoxy groups -OCH3 is 1. The van der Waals surface area contributed by atoms with Crippen LogP contribution in [-0.2, 0) is 22.3 Å². The van der Waals surface area contributed by atoms with Gasteiger partial charge in [0.25, 0.3) is 0 Å². The van der Waals surface area contributed by atoms with Crippen molar-refractivity contribution in [3.63, 3.8) is 0 Å². The second kappa shape index (κ2) is 6.42. The molecule has 2 N–H and O–H groups in total. The van der Waals surface area contributed by atoms with Gasteiger partial charge in [-0.2, -0.15) is 13.2 Å². The summed E-state index contributed by atoms with van der Waals surface area (Å²) in [5.41, 5.74) is -2.17. The zero-order valence-electron chi connectivity index (χ0n) is 10.5. The van der Waals surface area contributed by atoms with Gasteiger partial charge in [-0.25, -0.2) is 4.79 Å². The third kappa shape index (κ3) is 4.26. The van der Waals surface area contributed by atoms with Crippen molar-refractivity contribution in [2.75, 3.05) is 20.3 Å². The van der Waals surface area contributed by atoms with E-state index in [1.807, 2.05) is 0 Å². The largest absolute Gasteiger partial charge is 0.478 e. The molecule has 9 heteroatoms. The Labute approximate surface area is 112 Å². The van der Waals surface area contributed by atoms with E-state index in [1.54, 1.807) is 0 Å². The lowest BCUT2D eigenvalue weighted by molar-refractivity contribution is -0.138. The summed E-state index contributed by atoms with van der Waals surface area (Å²) in [6.45, 7) is 0.0835. The van der Waals surface area contributed by atoms with Crippen LogP contribution >= 0.6 is 0 Å². The van der Waals surface area contributed by atoms with Crippen LogP contribution in [0.15, 0.2) is 12.4 Å². The van der Waals surface area contributed by atoms with Gasteiger partial charge in [-0.15, -0.1) is 0 Å². The second-order valence-electron chi connectivity index (χ2n) is 3.90. The van der Waals surface area contributed by atoms with Crippen LogP contribution in [0.3, 0.4) is 0 Å². The molecule has 0 bridgehead atoms. The summed E-state index contributed by atoms with van der Waals surface area (Å²) < 4.78 is 43.4. The Bertz CT molecular complexity index is 496. The zero-order chi connectivity index (χ0) is 15.3. The minimum Gasteiger partial charge on any atom is -0.478 e. The molecule has 0 radical (unpaired) electrons. The second-order valence-corrected chi connectivity index (χ2v) is 3.90. The Kier molecular flexibility index (Phi) is 5.14. The van der Waals surface area contributed by atoms with Gasteiger partial charge in [-0.3, -0.25) is 4.79 Å². The van der Waals surface area contributed by atoms with Crippen molar-refractivity contribution >= 4 is 11.9 Å². The quantitative estimate of drug-likeness (QED) is 0.766. The summed E-state index contributed by atoms with van der Waals surface area (Å²) in [6.07, 6.45) is -3.41. The van der Waals surface area contributed by atoms with Crippen molar-refractivity contribution in [1.29, 1.82) is 0 Å². The first-order chi connectivity index (χ1) is 9.25. The Morgan fingerprint density at radius 1 is 1.40 bits per heavy atom. The van der Waals surface area contributed by atoms with E-state index in [1.165, 1.54) is 7.11 Å². The van der Waals surface area contributed by atoms with Gasteiger partial charge in [0.1, 0.15) is 6.54 Å². The van der Waals surface area contributed by atoms with Crippen LogP contribution in [0.25, 0.3) is 0 Å². The molecule has 0 aromatic carbocycles. The number of nitrogens with zero attached hydrogens (tertiary/aromatic N) is 1. The van der Waals surface area contributed by atoms with Gasteiger partial charge < -0.3 is 19.7 Å². The molecular weight excluding hydrogens is 281 g/mol. The van der Waals surface area contributed by atoms with Gasteiger partial charge in [0.2, 0.25) is 5.91 Å². The summed E-state index contributed by atoms with van der Waals surface area (Å²) in [5, 5.41) is 11.1. The maximum absolute atomic E-state index is 12.6. The van der Waals surface area contributed by atoms with Gasteiger partial charge in [0.05, 0.1) is 17.7 Å². The molecule has 1 rings (SSSR count). The number of ether oxygens (including phenoxy) is 1. The average molecular weight is 294 g/mol. The van der Waals surface area contributed by atoms with E-state index < -0.39 is 35.7 Å². The van der Waals surface area contributed by atoms with Crippen molar-refractivity contribution in [1.82, 2.24) is 9.88 Å². The predicted octanol–water partition coefficient (Wildman–Crippen LogP) is 0.968. The fraction of sp³-hybridized carbons (Fsp3) is 0.455. The van der Waals surface area contributed by atoms with Crippen LogP contribution < -0.4 is 5.32 Å². The van der Waals surface area contributed by atoms with E-state index in [0.29, 0.717) is 6.20 Å². The molecule has 0 saturated carbocycles. The molecule has 1 aromatic heterocycles. The molecular formula is C11H13F3N2O4. The van der Waals surface area contributed by atoms with Crippen molar-refractivity contribution in [3.05, 3.63) is 23.5 Å². The van der Waals surface area contributed by atoms with Crippen LogP contribution in [0.5, 0.6) is 0 Å². The molecule has 0 aliphatic rings. The van der Waals surface area contributed by atoms with Crippen LogP contribution in [-0.4, -0.2) is 41.8 Å². The maximum atomic E-state index is 12.6. The molecule has 0 unspecified atom stereocenters. The Morgan fingerprint density at radius 2 is 2.05 bits per heavy atom. The first kappa shape index (κ1) is 16.0. The SMILES string of the molecule is COCCNC(=O)Cn1cc(C(=O)O)c(C(F)(F)F)c1. The zero-order valence-corrected chi connectivity index (χ0v) is 10.5. The van der Waals surface area contributed by atoms with Gasteiger partial charge >= 0.3 is 12.1 Å². The first-order valence-electron chi connectivity index (χ1n) is 5.51. The highest BCUT2D eigenvalue weighted by Crippen LogP contribution is 2.32. The number of carbonyl (C=O) groups is 2. The van der Waals surface area contributed by atoms with Crippen molar-refractivity contribution < 1.29 is 32.6 Å². The van der Waals surface area contributed by atoms with Gasteiger partial charge in [0, 0.05) is 26.0 Å². The van der Waals surface area contributed by atoms with Crippen LogP contribution in [0, 0.1) is 0 Å². The third-order valence-electron chi connectivity index (χ3n) is 2.37. The van der Waals surface area contributed by atoms with E-state index in [2.05, 4.69) is 5.32 Å². The van der Waals surface area contributed by atoms with Crippen LogP contribution in [0.4, 0.5) is 13.2 Å². The van der Waals surface area contributed by atoms with Crippen LogP contribution in [0.2, 0.25) is 0 Å². The number of aromatic nitrogens is 1. The van der Waals surface area contributed by atoms with Crippen molar-refractivity contribution in [2.45, 2.75) is 12.7 Å². The van der Waals surface area contributed by atoms with E-state index in [4.69, 9.17) is 9.84 Å². The summed E-state index contributed by atoms with van der Waals surface area (Å²) >= 11 is 0. The summed E-state index contributed by atoms with van der Waals surface area (Å²) in [7, 11) is 1.44. The summed E-state index contributed by atoms with van der Waals surface area (Å²) in [4.78, 5) is 22.2. The molecule has 0 saturated heterocycles. The van der Waals surface area contributed by atoms with E-state index >= 15 is 0 Å². The Hall–Kier alpha value is -2.03. The third-order valence-corrected chi connectivity index (χ3v) is 2.37. The molecule has 0 atom stereocenters. The number of carbonyl (C=O) groups excluding carboxylic acids is 1. The number of hydrogen-bond donors (Lipinski definition) is 2. The molecule has 0 fully saturated rings. The average Bonchev–Trinajstić information content (AvgIpc) is 2.73. The maximum Gasteiger partial charge on any atom is 0.418 e. The number of aromatic carboxylic acids is 1. The lowest BCUT2D eigenvalue weighted by atomic mass is 10.2. The topological polar surface area (TPSA) is 80.6 Å². The lowest BCUT2D eigenvalue weighted by Crippen LogP contribution is -2.30. The highest BCUT2D eigenvalue weighted by Gasteiger charge is 2.37. The van der Waals surface area contributed by atoms with Crippen LogP contribution in [0.1, 0.15) is 15.9 Å². The van der Waals surface area contributed by atoms with Gasteiger partial charge in [-0.05, 0) is 0 Å². The molecule has 0 aliphatic heterocycles. The fourth-order valence-corrected chi connectivity index (χ4v) is 1.51. The summed E-state index contributed by atoms with van der Waals surface area (Å²) in [6, 6.07) is 0. The lowest BCUT2D eigenvalue weighted by Gasteiger charge is -2.05. The highest BCUT2D eigenvalue weighted by atomic mass is 19.4. The molecule has 6 nitrogen and oxygen atoms in total. The predicted molar refractivity (Wildman–Crippen MR) is 61.3 cm³/mol. The Morgan fingerprint density at radius 3 is 2.50 bits per heavy atom. The van der Waals surface area contributed by atoms with Gasteiger partial charge in [0.15, 0.2) is 0 Å². The molecule has 1 heterocycles.